The van der Waals surface area contributed by atoms with Crippen molar-refractivity contribution in [1.82, 2.24) is 0 Å². The van der Waals surface area contributed by atoms with Gasteiger partial charge in [-0.05, 0) is 13.0 Å². The fourth-order valence-electron chi connectivity index (χ4n) is 0.492. The number of hydrogen-bond donors (Lipinski definition) is 1. The van der Waals surface area contributed by atoms with Crippen LogP contribution < -0.4 is 0 Å². The molecule has 1 N–H and O–H groups in total. The van der Waals surface area contributed by atoms with E-state index in [1.165, 1.54) is 6.92 Å². The second kappa shape index (κ2) is 6.25. The van der Waals surface area contributed by atoms with Crippen LogP contribution in [-0.2, 0) is 23.9 Å². The zero-order valence-corrected chi connectivity index (χ0v) is 7.80. The Morgan fingerprint density at radius 3 is 1.80 bits per heavy atom. The molecule has 0 unspecified atom stereocenters. The van der Waals surface area contributed by atoms with Crippen LogP contribution in [0.4, 0.5) is 0 Å². The van der Waals surface area contributed by atoms with Gasteiger partial charge in [-0.1, -0.05) is 0 Å². The van der Waals surface area contributed by atoms with Gasteiger partial charge in [0.15, 0.2) is 5.78 Å². The minimum atomic E-state index is -1.33. The molecule has 0 atom stereocenters. The molecule has 0 spiro atoms. The molecule has 0 fully saturated rings. The smallest absolute Gasteiger partial charge is 0.338 e. The molecule has 6 heteroatoms. The molecule has 0 aromatic heterocycles. The highest BCUT2D eigenvalue weighted by Gasteiger charge is 2.04. The fraction of sp³-hybridized carbons (Fsp3) is 0.111. The van der Waals surface area contributed by atoms with Crippen LogP contribution in [0.25, 0.3) is 0 Å². The highest BCUT2D eigenvalue weighted by Crippen LogP contribution is 1.86. The zero-order valence-electron chi connectivity index (χ0n) is 7.80. The maximum atomic E-state index is 10.7. The van der Waals surface area contributed by atoms with E-state index in [1.807, 2.05) is 0 Å². The molecular weight excluding hydrogens is 204 g/mol. The lowest BCUT2D eigenvalue weighted by atomic mass is 10.4. The standard InChI is InChI=1S/C9H8O6/c1-6(10)2-4-8(13)15-9(14)5-3-7(11)12/h2-5H,1H3,(H,11,12)/b4-2-,5-3+. The molecule has 0 aliphatic carbocycles. The van der Waals surface area contributed by atoms with Gasteiger partial charge in [0, 0.05) is 18.2 Å². The summed E-state index contributed by atoms with van der Waals surface area (Å²) < 4.78 is 4.08. The average Bonchev–Trinajstić information content (AvgIpc) is 2.11. The van der Waals surface area contributed by atoms with Crippen LogP contribution >= 0.6 is 0 Å². The van der Waals surface area contributed by atoms with Crippen molar-refractivity contribution in [3.05, 3.63) is 24.3 Å². The van der Waals surface area contributed by atoms with Crippen molar-refractivity contribution < 1.29 is 29.0 Å². The quantitative estimate of drug-likeness (QED) is 0.395. The minimum absolute atomic E-state index is 0.375. The van der Waals surface area contributed by atoms with Crippen molar-refractivity contribution in [3.63, 3.8) is 0 Å². The molecule has 0 aromatic carbocycles. The van der Waals surface area contributed by atoms with Crippen LogP contribution in [0.15, 0.2) is 24.3 Å². The number of ether oxygens (including phenoxy) is 1. The van der Waals surface area contributed by atoms with Gasteiger partial charge in [0.25, 0.3) is 0 Å². The third-order valence-electron chi connectivity index (χ3n) is 1.02. The fourth-order valence-corrected chi connectivity index (χ4v) is 0.492. The lowest BCUT2D eigenvalue weighted by Gasteiger charge is -1.92. The zero-order chi connectivity index (χ0) is 11.8. The maximum Gasteiger partial charge on any atom is 0.338 e. The largest absolute Gasteiger partial charge is 0.478 e. The molecule has 0 amide bonds. The average molecular weight is 212 g/mol. The number of hydrogen-bond acceptors (Lipinski definition) is 5. The lowest BCUT2D eigenvalue weighted by molar-refractivity contribution is -0.152. The van der Waals surface area contributed by atoms with E-state index in [0.717, 1.165) is 12.2 Å². The van der Waals surface area contributed by atoms with Crippen LogP contribution in [-0.4, -0.2) is 28.8 Å². The Morgan fingerprint density at radius 1 is 0.933 bits per heavy atom. The first kappa shape index (κ1) is 12.8. The molecule has 80 valence electrons. The van der Waals surface area contributed by atoms with E-state index in [-0.39, 0.29) is 5.78 Å². The van der Waals surface area contributed by atoms with Gasteiger partial charge < -0.3 is 9.84 Å². The van der Waals surface area contributed by atoms with E-state index >= 15 is 0 Å². The Morgan fingerprint density at radius 2 is 1.40 bits per heavy atom. The molecule has 0 aliphatic heterocycles. The molecule has 0 radical (unpaired) electrons. The van der Waals surface area contributed by atoms with Crippen molar-refractivity contribution in [2.24, 2.45) is 0 Å². The summed E-state index contributed by atoms with van der Waals surface area (Å²) in [7, 11) is 0. The van der Waals surface area contributed by atoms with Gasteiger partial charge in [-0.3, -0.25) is 4.79 Å². The topological polar surface area (TPSA) is 97.7 Å². The highest BCUT2D eigenvalue weighted by atomic mass is 16.6. The van der Waals surface area contributed by atoms with Gasteiger partial charge in [0.1, 0.15) is 0 Å². The maximum absolute atomic E-state index is 10.7. The molecule has 0 saturated carbocycles. The van der Waals surface area contributed by atoms with Crippen molar-refractivity contribution >= 4 is 23.7 Å². The van der Waals surface area contributed by atoms with Crippen molar-refractivity contribution in [3.8, 4) is 0 Å². The highest BCUT2D eigenvalue weighted by molar-refractivity contribution is 6.01. The number of esters is 2. The SMILES string of the molecule is CC(=O)/C=C\C(=O)OC(=O)/C=C/C(=O)O. The Labute approximate surface area is 84.8 Å². The third-order valence-corrected chi connectivity index (χ3v) is 1.02. The minimum Gasteiger partial charge on any atom is -0.478 e. The molecule has 15 heavy (non-hydrogen) atoms. The number of allylic oxidation sites excluding steroid dienone is 1. The summed E-state index contributed by atoms with van der Waals surface area (Å²) in [5.74, 6) is -3.86. The molecule has 0 saturated heterocycles. The summed E-state index contributed by atoms with van der Waals surface area (Å²) in [5.41, 5.74) is 0. The van der Waals surface area contributed by atoms with E-state index in [4.69, 9.17) is 5.11 Å². The Bertz CT molecular complexity index is 316. The molecule has 0 aliphatic rings. The lowest BCUT2D eigenvalue weighted by Crippen LogP contribution is -2.08. The number of carboxylic acid groups (broad SMARTS) is 1. The number of ketones is 1. The summed E-state index contributed by atoms with van der Waals surface area (Å²) in [6.07, 6.45) is 2.82. The van der Waals surface area contributed by atoms with Gasteiger partial charge in [0.05, 0.1) is 0 Å². The van der Waals surface area contributed by atoms with Gasteiger partial charge in [-0.25, -0.2) is 14.4 Å². The number of carboxylic acids is 1. The molecule has 0 bridgehead atoms. The first-order chi connectivity index (χ1) is 6.91. The summed E-state index contributed by atoms with van der Waals surface area (Å²) in [6.45, 7) is 1.22. The van der Waals surface area contributed by atoms with Crippen molar-refractivity contribution in [2.75, 3.05) is 0 Å². The van der Waals surface area contributed by atoms with Gasteiger partial charge in [-0.2, -0.15) is 0 Å². The molecule has 6 nitrogen and oxygen atoms in total. The van der Waals surface area contributed by atoms with Crippen LogP contribution in [0.3, 0.4) is 0 Å². The summed E-state index contributed by atoms with van der Waals surface area (Å²) in [4.78, 5) is 41.8. The van der Waals surface area contributed by atoms with E-state index in [1.54, 1.807) is 0 Å². The second-order valence-electron chi connectivity index (χ2n) is 2.36. The third kappa shape index (κ3) is 8.10. The molecular formula is C9H8O6. The Balaban J connectivity index is 4.14. The van der Waals surface area contributed by atoms with Crippen LogP contribution in [0.1, 0.15) is 6.92 Å². The van der Waals surface area contributed by atoms with Crippen LogP contribution in [0.2, 0.25) is 0 Å². The number of carbonyl (C=O) groups is 4. The van der Waals surface area contributed by atoms with Gasteiger partial charge in [-0.15, -0.1) is 0 Å². The molecule has 0 rings (SSSR count). The first-order valence-electron chi connectivity index (χ1n) is 3.77. The normalized spacial score (nSPS) is 10.5. The summed E-state index contributed by atoms with van der Waals surface area (Å²) >= 11 is 0. The predicted octanol–water partition coefficient (Wildman–Crippen LogP) is -0.158. The van der Waals surface area contributed by atoms with Gasteiger partial charge >= 0.3 is 17.9 Å². The number of carbonyl (C=O) groups excluding carboxylic acids is 3. The predicted molar refractivity (Wildman–Crippen MR) is 47.7 cm³/mol. The van der Waals surface area contributed by atoms with Crippen LogP contribution in [0.5, 0.6) is 0 Å². The van der Waals surface area contributed by atoms with E-state index < -0.39 is 17.9 Å². The first-order valence-corrected chi connectivity index (χ1v) is 3.77. The van der Waals surface area contributed by atoms with E-state index in [9.17, 15) is 19.2 Å². The second-order valence-corrected chi connectivity index (χ2v) is 2.36. The number of aliphatic carboxylic acids is 1. The Kier molecular flexibility index (Phi) is 5.32. The van der Waals surface area contributed by atoms with E-state index in [0.29, 0.717) is 12.2 Å². The number of rotatable bonds is 4. The monoisotopic (exact) mass is 212 g/mol. The summed E-state index contributed by atoms with van der Waals surface area (Å²) in [6, 6.07) is 0. The van der Waals surface area contributed by atoms with Gasteiger partial charge in [0.2, 0.25) is 0 Å². The van der Waals surface area contributed by atoms with Crippen molar-refractivity contribution in [1.29, 1.82) is 0 Å². The molecule has 0 heterocycles. The molecule has 0 aromatic rings. The Hall–Kier alpha value is -2.24. The summed E-state index contributed by atoms with van der Waals surface area (Å²) in [5, 5.41) is 8.13. The van der Waals surface area contributed by atoms with Crippen LogP contribution in [0, 0.1) is 0 Å². The van der Waals surface area contributed by atoms with E-state index in [2.05, 4.69) is 4.74 Å². The van der Waals surface area contributed by atoms with Crippen molar-refractivity contribution in [2.45, 2.75) is 6.92 Å².